The normalized spacial score (nSPS) is 13.0. The van der Waals surface area contributed by atoms with Gasteiger partial charge in [0, 0.05) is 30.4 Å². The number of carbonyl (C=O) groups is 4. The van der Waals surface area contributed by atoms with E-state index >= 15 is 0 Å². The van der Waals surface area contributed by atoms with E-state index in [2.05, 4.69) is 5.10 Å². The van der Waals surface area contributed by atoms with Gasteiger partial charge in [-0.15, -0.1) is 0 Å². The second-order valence-electron chi connectivity index (χ2n) is 7.28. The van der Waals surface area contributed by atoms with Gasteiger partial charge in [-0.3, -0.25) is 14.4 Å². The van der Waals surface area contributed by atoms with E-state index in [0.29, 0.717) is 29.8 Å². The van der Waals surface area contributed by atoms with Gasteiger partial charge in [-0.2, -0.15) is 18.3 Å². The molecule has 0 radical (unpaired) electrons. The third kappa shape index (κ3) is 7.03. The van der Waals surface area contributed by atoms with Crippen LogP contribution in [0.4, 0.5) is 18.9 Å². The first kappa shape index (κ1) is 26.8. The van der Waals surface area contributed by atoms with Crippen molar-refractivity contribution >= 4 is 35.7 Å². The lowest BCUT2D eigenvalue weighted by Crippen LogP contribution is -2.41. The highest BCUT2D eigenvalue weighted by Crippen LogP contribution is 2.23. The van der Waals surface area contributed by atoms with Crippen molar-refractivity contribution in [3.63, 3.8) is 0 Å². The first-order valence-electron chi connectivity index (χ1n) is 9.90. The molecule has 1 aliphatic heterocycles. The number of fused-ring (bicyclic) bond motifs is 1. The van der Waals surface area contributed by atoms with Crippen LogP contribution in [-0.4, -0.2) is 71.4 Å². The van der Waals surface area contributed by atoms with Crippen molar-refractivity contribution in [1.82, 2.24) is 4.90 Å². The standard InChI is InChI=1S/C20H20N4O4.C2HF3O2/c1-23(16-5-2-13(3-6-16)11-22-21)19(27)15-4-7-17-14(10-15)8-9-24(20(17)28)12-18(25)26;3-2(4,5)1(6)7/h2-7,10-11H,8-9,12,21H2,1H3,(H,25,26);(H,6,7). The fourth-order valence-electron chi connectivity index (χ4n) is 3.16. The summed E-state index contributed by atoms with van der Waals surface area (Å²) in [7, 11) is 1.67. The number of hydrogen-bond acceptors (Lipinski definition) is 6. The summed E-state index contributed by atoms with van der Waals surface area (Å²) in [6, 6.07) is 12.1. The van der Waals surface area contributed by atoms with E-state index < -0.39 is 18.1 Å². The van der Waals surface area contributed by atoms with Gasteiger partial charge in [0.15, 0.2) is 0 Å². The zero-order chi connectivity index (χ0) is 26.3. The molecule has 0 bridgehead atoms. The highest BCUT2D eigenvalue weighted by molar-refractivity contribution is 6.07. The molecule has 2 amide bonds. The molecule has 0 spiro atoms. The van der Waals surface area contributed by atoms with Gasteiger partial charge >= 0.3 is 18.1 Å². The number of amides is 2. The van der Waals surface area contributed by atoms with Crippen LogP contribution in [0.25, 0.3) is 0 Å². The number of rotatable bonds is 5. The van der Waals surface area contributed by atoms with Crippen molar-refractivity contribution in [2.24, 2.45) is 10.9 Å². The monoisotopic (exact) mass is 494 g/mol. The van der Waals surface area contributed by atoms with Gasteiger partial charge in [-0.05, 0) is 47.9 Å². The summed E-state index contributed by atoms with van der Waals surface area (Å²) in [5.41, 5.74) is 3.19. The molecule has 186 valence electrons. The molecule has 2 aromatic rings. The second-order valence-corrected chi connectivity index (χ2v) is 7.28. The Morgan fingerprint density at radius 3 is 2.26 bits per heavy atom. The van der Waals surface area contributed by atoms with Crippen molar-refractivity contribution < 1.29 is 42.6 Å². The number of benzene rings is 2. The van der Waals surface area contributed by atoms with Gasteiger partial charge in [0.05, 0.1) is 6.21 Å². The van der Waals surface area contributed by atoms with Crippen LogP contribution < -0.4 is 10.7 Å². The summed E-state index contributed by atoms with van der Waals surface area (Å²) in [5, 5.41) is 19.5. The van der Waals surface area contributed by atoms with Crippen molar-refractivity contribution in [3.05, 3.63) is 64.7 Å². The predicted molar refractivity (Wildman–Crippen MR) is 118 cm³/mol. The van der Waals surface area contributed by atoms with Gasteiger partial charge in [0.2, 0.25) is 0 Å². The van der Waals surface area contributed by atoms with Crippen molar-refractivity contribution in [1.29, 1.82) is 0 Å². The zero-order valence-electron chi connectivity index (χ0n) is 18.3. The molecule has 0 aromatic heterocycles. The van der Waals surface area contributed by atoms with E-state index in [4.69, 9.17) is 20.9 Å². The summed E-state index contributed by atoms with van der Waals surface area (Å²) >= 11 is 0. The summed E-state index contributed by atoms with van der Waals surface area (Å²) in [6.45, 7) is -0.0116. The third-order valence-electron chi connectivity index (χ3n) is 4.90. The number of hydrazone groups is 1. The molecule has 4 N–H and O–H groups in total. The Morgan fingerprint density at radius 1 is 1.14 bits per heavy atom. The lowest BCUT2D eigenvalue weighted by molar-refractivity contribution is -0.192. The maximum Gasteiger partial charge on any atom is 0.490 e. The average molecular weight is 494 g/mol. The third-order valence-corrected chi connectivity index (χ3v) is 4.90. The maximum absolute atomic E-state index is 12.8. The van der Waals surface area contributed by atoms with Crippen LogP contribution in [0.2, 0.25) is 0 Å². The van der Waals surface area contributed by atoms with Crippen LogP contribution in [0, 0.1) is 0 Å². The molecule has 0 saturated carbocycles. The number of nitrogens with zero attached hydrogens (tertiary/aromatic N) is 3. The van der Waals surface area contributed by atoms with E-state index in [1.165, 1.54) is 16.0 Å². The van der Waals surface area contributed by atoms with E-state index in [1.54, 1.807) is 49.5 Å². The van der Waals surface area contributed by atoms with E-state index in [-0.39, 0.29) is 18.4 Å². The fourth-order valence-corrected chi connectivity index (χ4v) is 3.16. The van der Waals surface area contributed by atoms with Crippen LogP contribution in [0.3, 0.4) is 0 Å². The fraction of sp³-hybridized carbons (Fsp3) is 0.227. The van der Waals surface area contributed by atoms with Crippen LogP contribution in [0.5, 0.6) is 0 Å². The Morgan fingerprint density at radius 2 is 1.74 bits per heavy atom. The van der Waals surface area contributed by atoms with Gasteiger partial charge < -0.3 is 25.9 Å². The minimum atomic E-state index is -5.08. The van der Waals surface area contributed by atoms with Crippen LogP contribution >= 0.6 is 0 Å². The highest BCUT2D eigenvalue weighted by atomic mass is 19.4. The summed E-state index contributed by atoms with van der Waals surface area (Å²) < 4.78 is 31.7. The summed E-state index contributed by atoms with van der Waals surface area (Å²) in [6.07, 6.45) is -3.06. The Balaban J connectivity index is 0.000000540. The van der Waals surface area contributed by atoms with Crippen LogP contribution in [0.1, 0.15) is 31.8 Å². The molecule has 10 nitrogen and oxygen atoms in total. The van der Waals surface area contributed by atoms with Gasteiger partial charge in [-0.1, -0.05) is 12.1 Å². The van der Waals surface area contributed by atoms with E-state index in [0.717, 1.165) is 11.1 Å². The molecule has 0 unspecified atom stereocenters. The molecule has 1 heterocycles. The van der Waals surface area contributed by atoms with Gasteiger partial charge in [-0.25, -0.2) is 4.79 Å². The Kier molecular flexibility index (Phi) is 8.54. The molecule has 0 saturated heterocycles. The number of anilines is 1. The van der Waals surface area contributed by atoms with Crippen molar-refractivity contribution in [2.75, 3.05) is 25.0 Å². The lowest BCUT2D eigenvalue weighted by Gasteiger charge is -2.27. The number of carbonyl (C=O) groups excluding carboxylic acids is 2. The first-order valence-corrected chi connectivity index (χ1v) is 9.90. The number of hydrogen-bond donors (Lipinski definition) is 3. The van der Waals surface area contributed by atoms with Crippen molar-refractivity contribution in [2.45, 2.75) is 12.6 Å². The molecule has 35 heavy (non-hydrogen) atoms. The topological polar surface area (TPSA) is 154 Å². The van der Waals surface area contributed by atoms with Gasteiger partial charge in [0.25, 0.3) is 11.8 Å². The molecular weight excluding hydrogens is 473 g/mol. The number of nitrogens with two attached hydrogens (primary N) is 1. The molecule has 0 aliphatic carbocycles. The molecule has 13 heteroatoms. The predicted octanol–water partition coefficient (Wildman–Crippen LogP) is 1.97. The Bertz CT molecular complexity index is 1150. The lowest BCUT2D eigenvalue weighted by atomic mass is 9.96. The van der Waals surface area contributed by atoms with E-state index in [1.807, 2.05) is 0 Å². The number of aliphatic carboxylic acids is 2. The number of halogens is 3. The Labute approximate surface area is 197 Å². The van der Waals surface area contributed by atoms with Gasteiger partial charge in [0.1, 0.15) is 6.54 Å². The van der Waals surface area contributed by atoms with Crippen LogP contribution in [0.15, 0.2) is 47.6 Å². The molecule has 0 atom stereocenters. The second kappa shape index (κ2) is 11.1. The van der Waals surface area contributed by atoms with E-state index in [9.17, 15) is 27.6 Å². The zero-order valence-corrected chi connectivity index (χ0v) is 18.3. The van der Waals surface area contributed by atoms with Crippen LogP contribution in [-0.2, 0) is 16.0 Å². The average Bonchev–Trinajstić information content (AvgIpc) is 2.80. The molecule has 2 aromatic carbocycles. The number of alkyl halides is 3. The van der Waals surface area contributed by atoms with Crippen molar-refractivity contribution in [3.8, 4) is 0 Å². The smallest absolute Gasteiger partial charge is 0.480 e. The molecule has 3 rings (SSSR count). The molecule has 0 fully saturated rings. The largest absolute Gasteiger partial charge is 0.490 e. The SMILES string of the molecule is CN(C(=O)c1ccc2c(c1)CCN(CC(=O)O)C2=O)c1ccc(C=NN)cc1.O=C(O)C(F)(F)F. The minimum Gasteiger partial charge on any atom is -0.480 e. The molecular formula is C22H21F3N4O6. The summed E-state index contributed by atoms with van der Waals surface area (Å²) in [4.78, 5) is 47.9. The molecule has 1 aliphatic rings. The maximum atomic E-state index is 12.8. The minimum absolute atomic E-state index is 0.205. The highest BCUT2D eigenvalue weighted by Gasteiger charge is 2.38. The Hall–Kier alpha value is -4.42. The summed E-state index contributed by atoms with van der Waals surface area (Å²) in [5.74, 6) is 0.794. The quantitative estimate of drug-likeness (QED) is 0.326. The first-order chi connectivity index (χ1) is 16.3. The number of carboxylic acid groups (broad SMARTS) is 2. The number of carboxylic acids is 2.